The van der Waals surface area contributed by atoms with Crippen molar-refractivity contribution < 1.29 is 22.6 Å². The van der Waals surface area contributed by atoms with Crippen molar-refractivity contribution in [3.05, 3.63) is 35.1 Å². The topological polar surface area (TPSA) is 18.5 Å². The summed E-state index contributed by atoms with van der Waals surface area (Å²) in [7, 11) is 0. The Morgan fingerprint density at radius 2 is 1.68 bits per heavy atom. The molecule has 1 aliphatic heterocycles. The lowest BCUT2D eigenvalue weighted by Crippen LogP contribution is -2.44. The van der Waals surface area contributed by atoms with Crippen molar-refractivity contribution in [3.63, 3.8) is 0 Å². The summed E-state index contributed by atoms with van der Waals surface area (Å²) < 4.78 is 55.6. The summed E-state index contributed by atoms with van der Waals surface area (Å²) in [5.41, 5.74) is -0.112. The lowest BCUT2D eigenvalue weighted by Gasteiger charge is -2.39. The number of halogens is 4. The maximum atomic E-state index is 14.7. The van der Waals surface area contributed by atoms with Crippen LogP contribution in [0.2, 0.25) is 0 Å². The van der Waals surface area contributed by atoms with E-state index in [0.717, 1.165) is 22.8 Å². The summed E-state index contributed by atoms with van der Waals surface area (Å²) >= 11 is 2.50. The van der Waals surface area contributed by atoms with Gasteiger partial charge in [-0.25, -0.2) is 13.2 Å². The van der Waals surface area contributed by atoms with Gasteiger partial charge in [0.2, 0.25) is 0 Å². The minimum atomic E-state index is -3.25. The smallest absolute Gasteiger partial charge is 0.284 e. The maximum Gasteiger partial charge on any atom is 0.284 e. The van der Waals surface area contributed by atoms with Gasteiger partial charge >= 0.3 is 0 Å². The molecule has 1 saturated heterocycles. The number of ether oxygens (including phenoxy) is 2. The molecule has 0 spiro atoms. The molecule has 0 N–H and O–H groups in total. The summed E-state index contributed by atoms with van der Waals surface area (Å²) in [5, 5.41) is 0. The summed E-state index contributed by atoms with van der Waals surface area (Å²) in [6.07, 6.45) is 3.87. The van der Waals surface area contributed by atoms with Gasteiger partial charge < -0.3 is 9.47 Å². The minimum absolute atomic E-state index is 0.0926. The molecule has 0 amide bonds. The van der Waals surface area contributed by atoms with Gasteiger partial charge in [-0.3, -0.25) is 0 Å². The van der Waals surface area contributed by atoms with E-state index in [1.165, 1.54) is 18.9 Å². The summed E-state index contributed by atoms with van der Waals surface area (Å²) in [6.45, 7) is 0.930. The molecule has 0 aromatic heterocycles. The van der Waals surface area contributed by atoms with Gasteiger partial charge in [0.25, 0.3) is 5.92 Å². The van der Waals surface area contributed by atoms with E-state index in [0.29, 0.717) is 24.7 Å². The van der Waals surface area contributed by atoms with Crippen LogP contribution < -0.4 is 0 Å². The Hall–Kier alpha value is -0.340. The molecule has 1 aromatic rings. The number of hydrogen-bond acceptors (Lipinski definition) is 2. The zero-order chi connectivity index (χ0) is 17.6. The fraction of sp³-hybridized carbons (Fsp3) is 0.684. The highest BCUT2D eigenvalue weighted by Crippen LogP contribution is 2.50. The molecule has 25 heavy (non-hydrogen) atoms. The lowest BCUT2D eigenvalue weighted by atomic mass is 9.80. The van der Waals surface area contributed by atoms with Crippen LogP contribution in [-0.4, -0.2) is 23.4 Å². The van der Waals surface area contributed by atoms with Gasteiger partial charge in [0.1, 0.15) is 5.82 Å². The molecule has 1 unspecified atom stereocenters. The molecule has 3 aliphatic rings. The lowest BCUT2D eigenvalue weighted by molar-refractivity contribution is -0.264. The SMILES string of the molecule is Fc1cccc2c1C(F)(F)C(C1OCC(C3CCC(I)CC3)CO1)C2. The molecule has 2 nitrogen and oxygen atoms in total. The van der Waals surface area contributed by atoms with Crippen LogP contribution in [0.1, 0.15) is 36.8 Å². The second-order valence-electron chi connectivity index (χ2n) is 7.51. The molecule has 1 atom stereocenters. The Morgan fingerprint density at radius 3 is 2.32 bits per heavy atom. The number of hydrogen-bond donors (Lipinski definition) is 0. The van der Waals surface area contributed by atoms with E-state index < -0.39 is 29.5 Å². The standard InChI is InChI=1S/C19H22F3IO2/c20-16-3-1-2-12-8-15(19(21,22)17(12)16)18-24-9-13(10-25-18)11-4-6-14(23)7-5-11/h1-3,11,13-15,18H,4-10H2. The van der Waals surface area contributed by atoms with Crippen LogP contribution in [0.15, 0.2) is 18.2 Å². The van der Waals surface area contributed by atoms with Crippen LogP contribution in [0.5, 0.6) is 0 Å². The minimum Gasteiger partial charge on any atom is -0.352 e. The zero-order valence-electron chi connectivity index (χ0n) is 13.9. The number of benzene rings is 1. The molecule has 1 saturated carbocycles. The maximum absolute atomic E-state index is 14.7. The molecular formula is C19H22F3IO2. The van der Waals surface area contributed by atoms with E-state index >= 15 is 0 Å². The Bertz CT molecular complexity index is 623. The predicted molar refractivity (Wildman–Crippen MR) is 96.4 cm³/mol. The van der Waals surface area contributed by atoms with E-state index in [2.05, 4.69) is 22.6 Å². The van der Waals surface area contributed by atoms with Gasteiger partial charge in [0.05, 0.1) is 24.7 Å². The second kappa shape index (κ2) is 7.00. The van der Waals surface area contributed by atoms with E-state index in [-0.39, 0.29) is 12.3 Å². The monoisotopic (exact) mass is 466 g/mol. The van der Waals surface area contributed by atoms with Crippen LogP contribution >= 0.6 is 22.6 Å². The van der Waals surface area contributed by atoms with Gasteiger partial charge in [-0.15, -0.1) is 0 Å². The molecule has 2 fully saturated rings. The van der Waals surface area contributed by atoms with E-state index in [1.807, 2.05) is 0 Å². The third-order valence-electron chi connectivity index (χ3n) is 5.98. The van der Waals surface area contributed by atoms with Crippen molar-refractivity contribution in [1.82, 2.24) is 0 Å². The van der Waals surface area contributed by atoms with Gasteiger partial charge in [-0.2, -0.15) is 0 Å². The van der Waals surface area contributed by atoms with Crippen LogP contribution in [-0.2, 0) is 21.8 Å². The molecule has 4 rings (SSSR count). The van der Waals surface area contributed by atoms with Gasteiger partial charge in [-0.05, 0) is 49.7 Å². The summed E-state index contributed by atoms with van der Waals surface area (Å²) in [4.78, 5) is 0. The summed E-state index contributed by atoms with van der Waals surface area (Å²) in [6, 6.07) is 4.15. The Morgan fingerprint density at radius 1 is 1.00 bits per heavy atom. The highest BCUT2D eigenvalue weighted by molar-refractivity contribution is 14.1. The van der Waals surface area contributed by atoms with Crippen molar-refractivity contribution in [2.75, 3.05) is 13.2 Å². The Labute approximate surface area is 159 Å². The normalized spacial score (nSPS) is 37.7. The molecule has 1 aromatic carbocycles. The Balaban J connectivity index is 1.41. The molecular weight excluding hydrogens is 444 g/mol. The predicted octanol–water partition coefficient (Wildman–Crippen LogP) is 5.07. The third kappa shape index (κ3) is 3.34. The first-order valence-corrected chi connectivity index (χ1v) is 10.2. The number of rotatable bonds is 2. The highest BCUT2D eigenvalue weighted by Gasteiger charge is 2.55. The largest absolute Gasteiger partial charge is 0.352 e. The average molecular weight is 466 g/mol. The first-order valence-electron chi connectivity index (χ1n) is 8.99. The van der Waals surface area contributed by atoms with Gasteiger partial charge in [-0.1, -0.05) is 34.7 Å². The van der Waals surface area contributed by atoms with E-state index in [4.69, 9.17) is 9.47 Å². The van der Waals surface area contributed by atoms with Gasteiger partial charge in [0, 0.05) is 9.84 Å². The van der Waals surface area contributed by atoms with Crippen molar-refractivity contribution >= 4 is 22.6 Å². The second-order valence-corrected chi connectivity index (χ2v) is 9.28. The molecule has 2 aliphatic carbocycles. The van der Waals surface area contributed by atoms with Crippen LogP contribution in [0.4, 0.5) is 13.2 Å². The van der Waals surface area contributed by atoms with Crippen molar-refractivity contribution in [1.29, 1.82) is 0 Å². The fourth-order valence-electron chi connectivity index (χ4n) is 4.52. The number of fused-ring (bicyclic) bond motifs is 1. The zero-order valence-corrected chi connectivity index (χ0v) is 16.1. The third-order valence-corrected chi connectivity index (χ3v) is 7.23. The average Bonchev–Trinajstić information content (AvgIpc) is 2.88. The summed E-state index contributed by atoms with van der Waals surface area (Å²) in [5.74, 6) is -4.39. The van der Waals surface area contributed by atoms with Crippen LogP contribution in [0, 0.1) is 23.6 Å². The van der Waals surface area contributed by atoms with Crippen molar-refractivity contribution in [2.45, 2.75) is 48.2 Å². The molecule has 0 radical (unpaired) electrons. The first kappa shape index (κ1) is 18.0. The first-order chi connectivity index (χ1) is 12.0. The number of alkyl halides is 3. The van der Waals surface area contributed by atoms with E-state index in [9.17, 15) is 13.2 Å². The van der Waals surface area contributed by atoms with Crippen molar-refractivity contribution in [2.24, 2.45) is 17.8 Å². The highest BCUT2D eigenvalue weighted by atomic mass is 127. The fourth-order valence-corrected chi connectivity index (χ4v) is 5.24. The van der Waals surface area contributed by atoms with Gasteiger partial charge in [0.15, 0.2) is 6.29 Å². The Kier molecular flexibility index (Phi) is 5.05. The van der Waals surface area contributed by atoms with Crippen LogP contribution in [0.25, 0.3) is 0 Å². The molecule has 0 bridgehead atoms. The van der Waals surface area contributed by atoms with Crippen molar-refractivity contribution in [3.8, 4) is 0 Å². The quantitative estimate of drug-likeness (QED) is 0.448. The molecule has 1 heterocycles. The molecule has 6 heteroatoms. The van der Waals surface area contributed by atoms with Crippen LogP contribution in [0.3, 0.4) is 0 Å². The van der Waals surface area contributed by atoms with E-state index in [1.54, 1.807) is 6.07 Å². The molecule has 138 valence electrons.